The zero-order chi connectivity index (χ0) is 12.9. The zero-order valence-electron chi connectivity index (χ0n) is 10.7. The van der Waals surface area contributed by atoms with Gasteiger partial charge in [-0.25, -0.2) is 13.1 Å². The number of sulfonamides is 1. The minimum Gasteiger partial charge on any atom is -0.270 e. The Kier molecular flexibility index (Phi) is 5.14. The highest BCUT2D eigenvalue weighted by Crippen LogP contribution is 2.07. The number of hydrogen-bond donors (Lipinski definition) is 1. The predicted molar refractivity (Wildman–Crippen MR) is 68.2 cm³/mol. The van der Waals surface area contributed by atoms with Gasteiger partial charge in [-0.05, 0) is 20.3 Å². The molecule has 0 bridgehead atoms. The SMILES string of the molecule is CCCCS(=O)(=O)NCc1cnn(CC)c1C. The third-order valence-electron chi connectivity index (χ3n) is 2.75. The van der Waals surface area contributed by atoms with E-state index in [4.69, 9.17) is 0 Å². The van der Waals surface area contributed by atoms with Gasteiger partial charge in [-0.1, -0.05) is 13.3 Å². The zero-order valence-corrected chi connectivity index (χ0v) is 11.5. The highest BCUT2D eigenvalue weighted by Gasteiger charge is 2.11. The Morgan fingerprint density at radius 1 is 1.41 bits per heavy atom. The van der Waals surface area contributed by atoms with Crippen molar-refractivity contribution >= 4 is 10.0 Å². The lowest BCUT2D eigenvalue weighted by atomic mass is 10.3. The van der Waals surface area contributed by atoms with Crippen LogP contribution < -0.4 is 4.72 Å². The van der Waals surface area contributed by atoms with Crippen LogP contribution in [0.25, 0.3) is 0 Å². The van der Waals surface area contributed by atoms with E-state index in [1.807, 2.05) is 25.5 Å². The van der Waals surface area contributed by atoms with Crippen LogP contribution in [0.1, 0.15) is 37.9 Å². The highest BCUT2D eigenvalue weighted by molar-refractivity contribution is 7.89. The van der Waals surface area contributed by atoms with Crippen molar-refractivity contribution in [1.29, 1.82) is 0 Å². The van der Waals surface area contributed by atoms with Gasteiger partial charge in [0, 0.05) is 24.3 Å². The molecule has 0 fully saturated rings. The molecule has 0 aliphatic heterocycles. The van der Waals surface area contributed by atoms with Crippen LogP contribution in [0.15, 0.2) is 6.20 Å². The molecule has 1 heterocycles. The number of nitrogens with one attached hydrogen (secondary N) is 1. The largest absolute Gasteiger partial charge is 0.270 e. The molecule has 1 aromatic rings. The Morgan fingerprint density at radius 3 is 2.65 bits per heavy atom. The van der Waals surface area contributed by atoms with E-state index < -0.39 is 10.0 Å². The van der Waals surface area contributed by atoms with E-state index in [1.165, 1.54) is 0 Å². The molecule has 0 aromatic carbocycles. The Bertz CT molecular complexity index is 451. The van der Waals surface area contributed by atoms with Gasteiger partial charge in [0.05, 0.1) is 11.9 Å². The number of unbranched alkanes of at least 4 members (excludes halogenated alkanes) is 1. The number of nitrogens with zero attached hydrogens (tertiary/aromatic N) is 2. The quantitative estimate of drug-likeness (QED) is 0.805. The molecule has 0 spiro atoms. The molecule has 1 rings (SSSR count). The first-order valence-electron chi connectivity index (χ1n) is 5.98. The van der Waals surface area contributed by atoms with Crippen LogP contribution >= 0.6 is 0 Å². The third-order valence-corrected chi connectivity index (χ3v) is 4.16. The Balaban J connectivity index is 2.58. The Hall–Kier alpha value is -0.880. The van der Waals surface area contributed by atoms with Crippen LogP contribution in [0.5, 0.6) is 0 Å². The minimum atomic E-state index is -3.14. The molecule has 98 valence electrons. The van der Waals surface area contributed by atoms with Gasteiger partial charge in [-0.15, -0.1) is 0 Å². The van der Waals surface area contributed by atoms with E-state index in [0.717, 1.165) is 24.2 Å². The summed E-state index contributed by atoms with van der Waals surface area (Å²) in [4.78, 5) is 0. The molecule has 6 heteroatoms. The van der Waals surface area contributed by atoms with Crippen molar-refractivity contribution in [3.05, 3.63) is 17.5 Å². The maximum absolute atomic E-state index is 11.6. The summed E-state index contributed by atoms with van der Waals surface area (Å²) in [5.41, 5.74) is 1.96. The standard InChI is InChI=1S/C11H21N3O2S/c1-4-6-7-17(15,16)13-9-11-8-12-14(5-2)10(11)3/h8,13H,4-7,9H2,1-3H3. The molecule has 0 saturated heterocycles. The van der Waals surface area contributed by atoms with E-state index in [0.29, 0.717) is 13.0 Å². The summed E-state index contributed by atoms with van der Waals surface area (Å²) in [6.07, 6.45) is 3.30. The van der Waals surface area contributed by atoms with Gasteiger partial charge in [0.25, 0.3) is 0 Å². The molecule has 1 aromatic heterocycles. The van der Waals surface area contributed by atoms with Gasteiger partial charge < -0.3 is 0 Å². The smallest absolute Gasteiger partial charge is 0.211 e. The molecule has 0 atom stereocenters. The highest BCUT2D eigenvalue weighted by atomic mass is 32.2. The summed E-state index contributed by atoms with van der Waals surface area (Å²) in [6.45, 7) is 7.07. The maximum atomic E-state index is 11.6. The summed E-state index contributed by atoms with van der Waals surface area (Å²) < 4.78 is 27.7. The van der Waals surface area contributed by atoms with Crippen molar-refractivity contribution in [3.8, 4) is 0 Å². The van der Waals surface area contributed by atoms with Crippen molar-refractivity contribution in [2.24, 2.45) is 0 Å². The Morgan fingerprint density at radius 2 is 2.12 bits per heavy atom. The average molecular weight is 259 g/mol. The van der Waals surface area contributed by atoms with E-state index in [1.54, 1.807) is 6.20 Å². The number of aromatic nitrogens is 2. The van der Waals surface area contributed by atoms with Gasteiger partial charge in [0.1, 0.15) is 0 Å². The first kappa shape index (κ1) is 14.2. The van der Waals surface area contributed by atoms with Crippen molar-refractivity contribution < 1.29 is 8.42 Å². The van der Waals surface area contributed by atoms with Crippen LogP contribution in [0.3, 0.4) is 0 Å². The predicted octanol–water partition coefficient (Wildman–Crippen LogP) is 1.43. The van der Waals surface area contributed by atoms with Crippen LogP contribution in [-0.2, 0) is 23.1 Å². The molecular formula is C11H21N3O2S. The monoisotopic (exact) mass is 259 g/mol. The molecule has 0 amide bonds. The fraction of sp³-hybridized carbons (Fsp3) is 0.727. The van der Waals surface area contributed by atoms with Crippen molar-refractivity contribution in [2.75, 3.05) is 5.75 Å². The van der Waals surface area contributed by atoms with E-state index in [9.17, 15) is 8.42 Å². The molecule has 0 aliphatic rings. The van der Waals surface area contributed by atoms with E-state index in [-0.39, 0.29) is 5.75 Å². The Labute approximate surface area is 103 Å². The summed E-state index contributed by atoms with van der Waals surface area (Å²) in [5, 5.41) is 4.18. The molecule has 0 saturated carbocycles. The van der Waals surface area contributed by atoms with Gasteiger partial charge in [0.2, 0.25) is 10.0 Å². The molecule has 0 aliphatic carbocycles. The molecule has 1 N–H and O–H groups in total. The molecule has 5 nitrogen and oxygen atoms in total. The molecule has 17 heavy (non-hydrogen) atoms. The van der Waals surface area contributed by atoms with Gasteiger partial charge in [0.15, 0.2) is 0 Å². The summed E-state index contributed by atoms with van der Waals surface area (Å²) in [6, 6.07) is 0. The lowest BCUT2D eigenvalue weighted by Gasteiger charge is -2.06. The van der Waals surface area contributed by atoms with Crippen molar-refractivity contribution in [1.82, 2.24) is 14.5 Å². The van der Waals surface area contributed by atoms with Gasteiger partial charge in [-0.3, -0.25) is 4.68 Å². The minimum absolute atomic E-state index is 0.199. The summed E-state index contributed by atoms with van der Waals surface area (Å²) in [7, 11) is -3.14. The number of rotatable bonds is 7. The molecule has 0 unspecified atom stereocenters. The van der Waals surface area contributed by atoms with Gasteiger partial charge in [-0.2, -0.15) is 5.10 Å². The fourth-order valence-electron chi connectivity index (χ4n) is 1.57. The lowest BCUT2D eigenvalue weighted by molar-refractivity contribution is 0.577. The van der Waals surface area contributed by atoms with Crippen LogP contribution in [0.4, 0.5) is 0 Å². The second kappa shape index (κ2) is 6.16. The average Bonchev–Trinajstić information content (AvgIpc) is 2.65. The normalized spacial score (nSPS) is 11.9. The van der Waals surface area contributed by atoms with Crippen molar-refractivity contribution in [2.45, 2.75) is 46.7 Å². The van der Waals surface area contributed by atoms with Crippen molar-refractivity contribution in [3.63, 3.8) is 0 Å². The second-order valence-corrected chi connectivity index (χ2v) is 5.99. The second-order valence-electron chi connectivity index (χ2n) is 4.06. The molecular weight excluding hydrogens is 238 g/mol. The first-order chi connectivity index (χ1) is 8.00. The summed E-state index contributed by atoms with van der Waals surface area (Å²) >= 11 is 0. The van der Waals surface area contributed by atoms with E-state index >= 15 is 0 Å². The summed E-state index contributed by atoms with van der Waals surface area (Å²) in [5.74, 6) is 0.199. The fourth-order valence-corrected chi connectivity index (χ4v) is 2.76. The third kappa shape index (κ3) is 4.12. The maximum Gasteiger partial charge on any atom is 0.211 e. The first-order valence-corrected chi connectivity index (χ1v) is 7.64. The van der Waals surface area contributed by atoms with Gasteiger partial charge >= 0.3 is 0 Å². The number of aryl methyl sites for hydroxylation is 1. The van der Waals surface area contributed by atoms with E-state index in [2.05, 4.69) is 9.82 Å². The van der Waals surface area contributed by atoms with Crippen LogP contribution in [0.2, 0.25) is 0 Å². The number of hydrogen-bond acceptors (Lipinski definition) is 3. The lowest BCUT2D eigenvalue weighted by Crippen LogP contribution is -2.26. The topological polar surface area (TPSA) is 64.0 Å². The molecule has 0 radical (unpaired) electrons. The van der Waals surface area contributed by atoms with Crippen LogP contribution in [0, 0.1) is 6.92 Å². The van der Waals surface area contributed by atoms with Crippen LogP contribution in [-0.4, -0.2) is 24.0 Å².